The number of amides is 1. The summed E-state index contributed by atoms with van der Waals surface area (Å²) in [7, 11) is 0. The number of aryl methyl sites for hydroxylation is 1. The highest BCUT2D eigenvalue weighted by Crippen LogP contribution is 2.36. The highest BCUT2D eigenvalue weighted by atomic mass is 35.5. The highest BCUT2D eigenvalue weighted by molar-refractivity contribution is 6.21. The molecule has 1 aliphatic rings. The number of hydrogen-bond acceptors (Lipinski definition) is 4. The van der Waals surface area contributed by atoms with E-state index in [0.717, 1.165) is 10.6 Å². The van der Waals surface area contributed by atoms with Crippen molar-refractivity contribution in [3.05, 3.63) is 71.5 Å². The van der Waals surface area contributed by atoms with Crippen LogP contribution in [0.2, 0.25) is 0 Å². The van der Waals surface area contributed by atoms with Crippen LogP contribution in [0.3, 0.4) is 0 Å². The minimum Gasteiger partial charge on any atom is -0.463 e. The van der Waals surface area contributed by atoms with Gasteiger partial charge in [0.15, 0.2) is 17.1 Å². The topological polar surface area (TPSA) is 63.6 Å². The molecule has 4 aromatic rings. The molecule has 3 aromatic heterocycles. The Balaban J connectivity index is 1.63. The first-order valence-electron chi connectivity index (χ1n) is 9.86. The number of nitrogens with zero attached hydrogens (tertiary/aromatic N) is 4. The Morgan fingerprint density at radius 3 is 2.78 bits per heavy atom. The predicted octanol–water partition coefficient (Wildman–Crippen LogP) is 5.40. The molecule has 0 radical (unpaired) electrons. The van der Waals surface area contributed by atoms with Crippen molar-refractivity contribution in [1.29, 1.82) is 0 Å². The number of fused-ring (bicyclic) bond motifs is 2. The molecule has 6 nitrogen and oxygen atoms in total. The lowest BCUT2D eigenvalue weighted by molar-refractivity contribution is 0.0867. The van der Waals surface area contributed by atoms with Crippen molar-refractivity contribution in [3.8, 4) is 11.5 Å². The molecular formula is C22H16ClF3N4O2. The van der Waals surface area contributed by atoms with Crippen LogP contribution < -0.4 is 4.90 Å². The second-order valence-corrected chi connectivity index (χ2v) is 8.11. The van der Waals surface area contributed by atoms with Gasteiger partial charge in [0.25, 0.3) is 5.91 Å². The van der Waals surface area contributed by atoms with Gasteiger partial charge in [0, 0.05) is 17.8 Å². The normalized spacial score (nSPS) is 16.4. The molecule has 0 unspecified atom stereocenters. The van der Waals surface area contributed by atoms with Crippen LogP contribution in [0.25, 0.3) is 17.1 Å². The molecule has 0 spiro atoms. The molecule has 0 saturated heterocycles. The van der Waals surface area contributed by atoms with Crippen molar-refractivity contribution in [2.45, 2.75) is 31.2 Å². The zero-order chi connectivity index (χ0) is 22.6. The average Bonchev–Trinajstić information content (AvgIpc) is 3.41. The zero-order valence-corrected chi connectivity index (χ0v) is 17.5. The Labute approximate surface area is 185 Å². The molecular weight excluding hydrogens is 445 g/mol. The number of anilines is 1. The third-order valence-electron chi connectivity index (χ3n) is 5.50. The third kappa shape index (κ3) is 3.42. The number of aromatic nitrogens is 3. The van der Waals surface area contributed by atoms with Crippen LogP contribution in [0.4, 0.5) is 18.9 Å². The number of benzene rings is 1. The van der Waals surface area contributed by atoms with Crippen molar-refractivity contribution < 1.29 is 22.4 Å². The van der Waals surface area contributed by atoms with Gasteiger partial charge in [-0.15, -0.1) is 0 Å². The van der Waals surface area contributed by atoms with E-state index in [9.17, 15) is 18.0 Å². The Hall–Kier alpha value is -3.33. The van der Waals surface area contributed by atoms with Gasteiger partial charge >= 0.3 is 5.38 Å². The first-order valence-corrected chi connectivity index (χ1v) is 10.2. The van der Waals surface area contributed by atoms with E-state index in [4.69, 9.17) is 16.0 Å². The smallest absolute Gasteiger partial charge is 0.364 e. The Morgan fingerprint density at radius 1 is 1.25 bits per heavy atom. The van der Waals surface area contributed by atoms with E-state index in [2.05, 4.69) is 10.1 Å². The number of carbonyl (C=O) groups is 1. The second kappa shape index (κ2) is 7.37. The van der Waals surface area contributed by atoms with Gasteiger partial charge in [-0.05, 0) is 73.3 Å². The molecule has 4 heterocycles. The first-order chi connectivity index (χ1) is 15.2. The quantitative estimate of drug-likeness (QED) is 0.384. The molecule has 10 heteroatoms. The van der Waals surface area contributed by atoms with Gasteiger partial charge in [-0.25, -0.2) is 13.9 Å². The van der Waals surface area contributed by atoms with Crippen molar-refractivity contribution >= 4 is 28.8 Å². The molecule has 1 amide bonds. The molecule has 0 saturated carbocycles. The fourth-order valence-electron chi connectivity index (χ4n) is 3.98. The lowest BCUT2D eigenvalue weighted by atomic mass is 9.96. The summed E-state index contributed by atoms with van der Waals surface area (Å²) in [5.74, 6) is -0.620. The summed E-state index contributed by atoms with van der Waals surface area (Å²) < 4.78 is 48.2. The summed E-state index contributed by atoms with van der Waals surface area (Å²) in [6.07, 6.45) is 2.64. The third-order valence-corrected chi connectivity index (χ3v) is 5.70. The van der Waals surface area contributed by atoms with Gasteiger partial charge in [-0.1, -0.05) is 0 Å². The molecule has 0 bridgehead atoms. The Bertz CT molecular complexity index is 1330. The van der Waals surface area contributed by atoms with E-state index in [1.54, 1.807) is 18.2 Å². The highest BCUT2D eigenvalue weighted by Gasteiger charge is 2.35. The van der Waals surface area contributed by atoms with E-state index in [0.29, 0.717) is 24.1 Å². The number of carbonyl (C=O) groups excluding carboxylic acids is 1. The molecule has 32 heavy (non-hydrogen) atoms. The summed E-state index contributed by atoms with van der Waals surface area (Å²) >= 11 is 5.33. The molecule has 1 aromatic carbocycles. The fraction of sp³-hybridized carbons (Fsp3) is 0.227. The van der Waals surface area contributed by atoms with Crippen molar-refractivity contribution in [2.24, 2.45) is 0 Å². The molecule has 0 N–H and O–H groups in total. The predicted molar refractivity (Wildman–Crippen MR) is 111 cm³/mol. The molecule has 0 fully saturated rings. The fourth-order valence-corrected chi connectivity index (χ4v) is 4.12. The summed E-state index contributed by atoms with van der Waals surface area (Å²) in [6, 6.07) is 9.60. The van der Waals surface area contributed by atoms with E-state index in [1.165, 1.54) is 29.4 Å². The summed E-state index contributed by atoms with van der Waals surface area (Å²) in [4.78, 5) is 19.2. The maximum Gasteiger partial charge on any atom is 0.364 e. The van der Waals surface area contributed by atoms with Crippen LogP contribution in [-0.4, -0.2) is 26.5 Å². The minimum atomic E-state index is -3.77. The standard InChI is InChI=1S/C22H16ClF3N4O2/c1-12-4-5-13-9-14(24)6-7-17(13)29(12)21(31)16-11-20-27-15(18-3-2-8-32-18)10-19(22(23,25)26)30(20)28-16/h2-3,6-12H,4-5H2,1H3/t12-/m0/s1. The monoisotopic (exact) mass is 460 g/mol. The van der Waals surface area contributed by atoms with Crippen molar-refractivity contribution in [2.75, 3.05) is 4.90 Å². The maximum atomic E-state index is 14.2. The summed E-state index contributed by atoms with van der Waals surface area (Å²) in [5, 5.41) is 0.329. The number of rotatable bonds is 3. The molecule has 5 rings (SSSR count). The summed E-state index contributed by atoms with van der Waals surface area (Å²) in [5.41, 5.74) is 0.681. The lowest BCUT2D eigenvalue weighted by Crippen LogP contribution is -2.42. The number of hydrogen-bond donors (Lipinski definition) is 0. The van der Waals surface area contributed by atoms with E-state index < -0.39 is 17.0 Å². The van der Waals surface area contributed by atoms with Gasteiger partial charge < -0.3 is 9.32 Å². The van der Waals surface area contributed by atoms with Crippen LogP contribution in [0.5, 0.6) is 0 Å². The van der Waals surface area contributed by atoms with Crippen molar-refractivity contribution in [3.63, 3.8) is 0 Å². The lowest BCUT2D eigenvalue weighted by Gasteiger charge is -2.34. The first kappa shape index (κ1) is 20.6. The molecule has 164 valence electrons. The van der Waals surface area contributed by atoms with E-state index >= 15 is 0 Å². The van der Waals surface area contributed by atoms with E-state index in [1.807, 2.05) is 6.92 Å². The number of furan rings is 1. The number of alkyl halides is 3. The van der Waals surface area contributed by atoms with Gasteiger partial charge in [-0.2, -0.15) is 13.9 Å². The minimum absolute atomic E-state index is 0.0153. The van der Waals surface area contributed by atoms with Gasteiger partial charge in [0.2, 0.25) is 0 Å². The zero-order valence-electron chi connectivity index (χ0n) is 16.7. The van der Waals surface area contributed by atoms with Crippen LogP contribution >= 0.6 is 11.6 Å². The second-order valence-electron chi connectivity index (χ2n) is 7.64. The van der Waals surface area contributed by atoms with E-state index in [-0.39, 0.29) is 34.7 Å². The van der Waals surface area contributed by atoms with Crippen molar-refractivity contribution in [1.82, 2.24) is 14.6 Å². The maximum absolute atomic E-state index is 14.2. The molecule has 1 aliphatic heterocycles. The van der Waals surface area contributed by atoms with Crippen LogP contribution in [-0.2, 0) is 11.8 Å². The van der Waals surface area contributed by atoms with Gasteiger partial charge in [-0.3, -0.25) is 4.79 Å². The Kier molecular flexibility index (Phi) is 4.74. The Morgan fingerprint density at radius 2 is 2.06 bits per heavy atom. The average molecular weight is 461 g/mol. The largest absolute Gasteiger partial charge is 0.463 e. The van der Waals surface area contributed by atoms with Crippen LogP contribution in [0, 0.1) is 5.82 Å². The van der Waals surface area contributed by atoms with Gasteiger partial charge in [0.1, 0.15) is 17.2 Å². The molecule has 0 aliphatic carbocycles. The number of halogens is 4. The summed E-state index contributed by atoms with van der Waals surface area (Å²) in [6.45, 7) is 1.87. The van der Waals surface area contributed by atoms with Crippen LogP contribution in [0.1, 0.15) is 35.1 Å². The SMILES string of the molecule is C[C@H]1CCc2cc(F)ccc2N1C(=O)c1cc2nc(-c3ccco3)cc(C(F)(F)Cl)n2n1. The van der Waals surface area contributed by atoms with Crippen LogP contribution in [0.15, 0.2) is 53.1 Å². The molecule has 1 atom stereocenters. The van der Waals surface area contributed by atoms with Gasteiger partial charge in [0.05, 0.1) is 6.26 Å².